The fraction of sp³-hybridized carbons (Fsp3) is 0.417. The predicted molar refractivity (Wildman–Crippen MR) is 64.7 cm³/mol. The summed E-state index contributed by atoms with van der Waals surface area (Å²) in [5, 5.41) is 0. The molecule has 0 aliphatic carbocycles. The van der Waals surface area contributed by atoms with Gasteiger partial charge >= 0.3 is 0 Å². The van der Waals surface area contributed by atoms with Gasteiger partial charge in [-0.25, -0.2) is 0 Å². The molecule has 1 aromatic carbocycles. The van der Waals surface area contributed by atoms with Crippen molar-refractivity contribution in [1.82, 2.24) is 0 Å². The maximum absolute atomic E-state index is 11.5. The second-order valence-corrected chi connectivity index (χ2v) is 3.51. The number of nitrogens with zero attached hydrogens (tertiary/aromatic N) is 1. The van der Waals surface area contributed by atoms with Gasteiger partial charge in [-0.05, 0) is 25.1 Å². The van der Waals surface area contributed by atoms with Crippen molar-refractivity contribution < 1.29 is 9.53 Å². The number of rotatable bonds is 5. The van der Waals surface area contributed by atoms with Crippen molar-refractivity contribution >= 4 is 11.6 Å². The van der Waals surface area contributed by atoms with Gasteiger partial charge in [0.15, 0.2) is 0 Å². The van der Waals surface area contributed by atoms with Gasteiger partial charge in [0.1, 0.15) is 5.75 Å². The molecule has 1 amide bonds. The van der Waals surface area contributed by atoms with Gasteiger partial charge in [-0.2, -0.15) is 0 Å². The smallest absolute Gasteiger partial charge is 0.223 e. The molecule has 1 rings (SSSR count). The third-order valence-electron chi connectivity index (χ3n) is 2.33. The molecule has 0 aliphatic heterocycles. The number of carbonyl (C=O) groups excluding carboxylic acids is 1. The zero-order chi connectivity index (χ0) is 12.0. The molecule has 0 atom stereocenters. The summed E-state index contributed by atoms with van der Waals surface area (Å²) in [4.78, 5) is 13.2. The maximum Gasteiger partial charge on any atom is 0.223 e. The fourth-order valence-electron chi connectivity index (χ4n) is 1.50. The minimum atomic E-state index is 0.0155. The monoisotopic (exact) mass is 222 g/mol. The van der Waals surface area contributed by atoms with Crippen molar-refractivity contribution in [2.45, 2.75) is 13.3 Å². The number of methoxy groups -OCH3 is 1. The van der Waals surface area contributed by atoms with Crippen molar-refractivity contribution in [2.75, 3.05) is 25.1 Å². The van der Waals surface area contributed by atoms with E-state index < -0.39 is 0 Å². The molecule has 1 aromatic rings. The van der Waals surface area contributed by atoms with Gasteiger partial charge in [0.2, 0.25) is 5.91 Å². The molecule has 4 nitrogen and oxygen atoms in total. The molecular formula is C12H18N2O2. The summed E-state index contributed by atoms with van der Waals surface area (Å²) in [6.45, 7) is 2.77. The lowest BCUT2D eigenvalue weighted by Gasteiger charge is -2.21. The lowest BCUT2D eigenvalue weighted by molar-refractivity contribution is -0.116. The molecule has 0 aromatic heterocycles. The number of nitrogens with two attached hydrogens (primary N) is 1. The Labute approximate surface area is 96.0 Å². The Hall–Kier alpha value is -1.55. The van der Waals surface area contributed by atoms with Crippen LogP contribution in [0.3, 0.4) is 0 Å². The minimum Gasteiger partial charge on any atom is -0.497 e. The first-order valence-corrected chi connectivity index (χ1v) is 5.31. The molecule has 4 heteroatoms. The molecule has 0 unspecified atom stereocenters. The van der Waals surface area contributed by atoms with E-state index in [0.29, 0.717) is 13.1 Å². The summed E-state index contributed by atoms with van der Waals surface area (Å²) in [7, 11) is 1.61. The van der Waals surface area contributed by atoms with E-state index in [1.54, 1.807) is 18.9 Å². The van der Waals surface area contributed by atoms with Crippen molar-refractivity contribution in [3.05, 3.63) is 24.3 Å². The van der Waals surface area contributed by atoms with Gasteiger partial charge in [-0.3, -0.25) is 4.79 Å². The van der Waals surface area contributed by atoms with Crippen LogP contribution in [0.5, 0.6) is 5.75 Å². The average Bonchev–Trinajstić information content (AvgIpc) is 2.29. The second-order valence-electron chi connectivity index (χ2n) is 3.51. The van der Waals surface area contributed by atoms with Crippen LogP contribution in [0.1, 0.15) is 13.3 Å². The van der Waals surface area contributed by atoms with Gasteiger partial charge in [0.25, 0.3) is 0 Å². The third-order valence-corrected chi connectivity index (χ3v) is 2.33. The van der Waals surface area contributed by atoms with Gasteiger partial charge < -0.3 is 15.4 Å². The van der Waals surface area contributed by atoms with Crippen LogP contribution in [-0.4, -0.2) is 26.1 Å². The highest BCUT2D eigenvalue weighted by molar-refractivity contribution is 5.91. The molecule has 0 radical (unpaired) electrons. The van der Waals surface area contributed by atoms with Crippen LogP contribution in [0.4, 0.5) is 5.69 Å². The fourth-order valence-corrected chi connectivity index (χ4v) is 1.50. The highest BCUT2D eigenvalue weighted by atomic mass is 16.5. The predicted octanol–water partition coefficient (Wildman–Crippen LogP) is 1.40. The largest absolute Gasteiger partial charge is 0.497 e. The van der Waals surface area contributed by atoms with Crippen LogP contribution in [0, 0.1) is 0 Å². The van der Waals surface area contributed by atoms with E-state index in [1.165, 1.54) is 0 Å². The van der Waals surface area contributed by atoms with E-state index in [9.17, 15) is 4.79 Å². The SMILES string of the molecule is COc1cccc(N(CCCN)C(C)=O)c1. The second kappa shape index (κ2) is 6.12. The normalized spacial score (nSPS) is 9.94. The molecule has 0 saturated carbocycles. The van der Waals surface area contributed by atoms with Gasteiger partial charge in [0.05, 0.1) is 7.11 Å². The first-order chi connectivity index (χ1) is 7.69. The number of amides is 1. The van der Waals surface area contributed by atoms with Crippen molar-refractivity contribution in [3.8, 4) is 5.75 Å². The minimum absolute atomic E-state index is 0.0155. The number of carbonyl (C=O) groups is 1. The van der Waals surface area contributed by atoms with Crippen LogP contribution in [0.25, 0.3) is 0 Å². The van der Waals surface area contributed by atoms with Crippen molar-refractivity contribution in [1.29, 1.82) is 0 Å². The lowest BCUT2D eigenvalue weighted by Crippen LogP contribution is -2.30. The van der Waals surface area contributed by atoms with E-state index in [4.69, 9.17) is 10.5 Å². The first-order valence-electron chi connectivity index (χ1n) is 5.31. The van der Waals surface area contributed by atoms with Gasteiger partial charge in [0, 0.05) is 25.2 Å². The summed E-state index contributed by atoms with van der Waals surface area (Å²) in [5.41, 5.74) is 6.30. The van der Waals surface area contributed by atoms with Crippen LogP contribution in [0.2, 0.25) is 0 Å². The molecule has 16 heavy (non-hydrogen) atoms. The molecule has 2 N–H and O–H groups in total. The summed E-state index contributed by atoms with van der Waals surface area (Å²) in [6, 6.07) is 7.45. The number of hydrogen-bond acceptors (Lipinski definition) is 3. The van der Waals surface area contributed by atoms with Crippen LogP contribution in [0.15, 0.2) is 24.3 Å². The van der Waals surface area contributed by atoms with E-state index in [2.05, 4.69) is 0 Å². The Morgan fingerprint density at radius 3 is 2.81 bits per heavy atom. The standard InChI is InChI=1S/C12H18N2O2/c1-10(15)14(8-4-7-13)11-5-3-6-12(9-11)16-2/h3,5-6,9H,4,7-8,13H2,1-2H3. The van der Waals surface area contributed by atoms with E-state index in [0.717, 1.165) is 17.9 Å². The summed E-state index contributed by atoms with van der Waals surface area (Å²) in [5.74, 6) is 0.762. The Morgan fingerprint density at radius 2 is 2.25 bits per heavy atom. The molecule has 0 saturated heterocycles. The molecular weight excluding hydrogens is 204 g/mol. The Kier molecular flexibility index (Phi) is 4.79. The third kappa shape index (κ3) is 3.24. The molecule has 88 valence electrons. The number of benzene rings is 1. The molecule has 0 aliphatic rings. The summed E-state index contributed by atoms with van der Waals surface area (Å²) >= 11 is 0. The summed E-state index contributed by atoms with van der Waals surface area (Å²) in [6.07, 6.45) is 0.788. The topological polar surface area (TPSA) is 55.6 Å². The zero-order valence-electron chi connectivity index (χ0n) is 9.77. The Morgan fingerprint density at radius 1 is 1.50 bits per heavy atom. The lowest BCUT2D eigenvalue weighted by atomic mass is 10.2. The van der Waals surface area contributed by atoms with Gasteiger partial charge in [-0.15, -0.1) is 0 Å². The molecule has 0 bridgehead atoms. The number of ether oxygens (including phenoxy) is 1. The highest BCUT2D eigenvalue weighted by Crippen LogP contribution is 2.21. The molecule has 0 heterocycles. The maximum atomic E-state index is 11.5. The number of anilines is 1. The highest BCUT2D eigenvalue weighted by Gasteiger charge is 2.10. The van der Waals surface area contributed by atoms with Crippen LogP contribution in [-0.2, 0) is 4.79 Å². The van der Waals surface area contributed by atoms with Gasteiger partial charge in [-0.1, -0.05) is 6.07 Å². The Bertz CT molecular complexity index is 353. The van der Waals surface area contributed by atoms with Crippen LogP contribution < -0.4 is 15.4 Å². The average molecular weight is 222 g/mol. The van der Waals surface area contributed by atoms with Crippen molar-refractivity contribution in [3.63, 3.8) is 0 Å². The van der Waals surface area contributed by atoms with Crippen LogP contribution >= 0.6 is 0 Å². The first kappa shape index (κ1) is 12.5. The molecule has 0 fully saturated rings. The van der Waals surface area contributed by atoms with E-state index >= 15 is 0 Å². The molecule has 0 spiro atoms. The van der Waals surface area contributed by atoms with E-state index in [-0.39, 0.29) is 5.91 Å². The van der Waals surface area contributed by atoms with Crippen molar-refractivity contribution in [2.24, 2.45) is 5.73 Å². The number of hydrogen-bond donors (Lipinski definition) is 1. The zero-order valence-corrected chi connectivity index (χ0v) is 9.77. The van der Waals surface area contributed by atoms with E-state index in [1.807, 2.05) is 24.3 Å². The summed E-state index contributed by atoms with van der Waals surface area (Å²) < 4.78 is 5.13. The quantitative estimate of drug-likeness (QED) is 0.819. The Balaban J connectivity index is 2.87.